The fourth-order valence-electron chi connectivity index (χ4n) is 3.03. The first kappa shape index (κ1) is 13.8. The van der Waals surface area contributed by atoms with Crippen LogP contribution in [0.3, 0.4) is 0 Å². The molecule has 1 spiro atoms. The molecular weight excluding hydrogens is 327 g/mol. The van der Waals surface area contributed by atoms with Crippen LogP contribution in [0.1, 0.15) is 52.9 Å². The maximum Gasteiger partial charge on any atom is 0.169 e. The van der Waals surface area contributed by atoms with Gasteiger partial charge in [-0.3, -0.25) is 0 Å². The molecule has 0 aromatic heterocycles. The summed E-state index contributed by atoms with van der Waals surface area (Å²) in [5.41, 5.74) is 0. The molecule has 0 aromatic rings. The van der Waals surface area contributed by atoms with E-state index in [1.165, 1.54) is 16.4 Å². The van der Waals surface area contributed by atoms with Crippen LogP contribution < -0.4 is 0 Å². The summed E-state index contributed by atoms with van der Waals surface area (Å²) in [6.45, 7) is 6.58. The molecule has 2 rings (SSSR count). The molecule has 1 saturated heterocycles. The maximum absolute atomic E-state index is 6.30. The van der Waals surface area contributed by atoms with Gasteiger partial charge in [0.25, 0.3) is 0 Å². The number of halogens is 1. The Morgan fingerprint density at radius 2 is 2.00 bits per heavy atom. The molecule has 17 heavy (non-hydrogen) atoms. The number of rotatable bonds is 2. The molecule has 3 atom stereocenters. The van der Waals surface area contributed by atoms with Crippen LogP contribution in [0.4, 0.5) is 0 Å². The molecule has 1 aliphatic carbocycles. The molecule has 1 heterocycles. The monoisotopic (exact) mass is 350 g/mol. The number of hydrogen-bond acceptors (Lipinski definition) is 2. The van der Waals surface area contributed by atoms with E-state index in [1.807, 2.05) is 0 Å². The van der Waals surface area contributed by atoms with Crippen molar-refractivity contribution >= 4 is 22.6 Å². The molecule has 2 nitrogen and oxygen atoms in total. The number of hydrogen-bond donors (Lipinski definition) is 0. The lowest BCUT2D eigenvalue weighted by molar-refractivity contribution is -0.316. The first-order valence-electron chi connectivity index (χ1n) is 6.70. The smallest absolute Gasteiger partial charge is 0.169 e. The van der Waals surface area contributed by atoms with Gasteiger partial charge in [0, 0.05) is 25.2 Å². The minimum atomic E-state index is -0.246. The molecule has 2 aliphatic rings. The van der Waals surface area contributed by atoms with E-state index < -0.39 is 0 Å². The van der Waals surface area contributed by atoms with Crippen molar-refractivity contribution in [3.63, 3.8) is 0 Å². The zero-order chi connectivity index (χ0) is 12.5. The zero-order valence-corrected chi connectivity index (χ0v) is 13.2. The van der Waals surface area contributed by atoms with Crippen LogP contribution in [0, 0.1) is 5.92 Å². The molecule has 98 valence electrons. The Kier molecular flexibility index (Phi) is 4.53. The van der Waals surface area contributed by atoms with Gasteiger partial charge in [-0.1, -0.05) is 13.0 Å². The molecule has 3 heteroatoms. The van der Waals surface area contributed by atoms with E-state index in [1.54, 1.807) is 0 Å². The van der Waals surface area contributed by atoms with Gasteiger partial charge in [0.05, 0.1) is 12.2 Å². The van der Waals surface area contributed by atoms with Gasteiger partial charge in [-0.15, -0.1) is 0 Å². The molecule has 0 amide bonds. The summed E-state index contributed by atoms with van der Waals surface area (Å²) in [5, 5.41) is 0. The quantitative estimate of drug-likeness (QED) is 0.686. The van der Waals surface area contributed by atoms with Crippen LogP contribution in [0.15, 0.2) is 9.66 Å². The van der Waals surface area contributed by atoms with E-state index in [0.717, 1.165) is 19.3 Å². The van der Waals surface area contributed by atoms with Crippen LogP contribution in [-0.2, 0) is 9.47 Å². The van der Waals surface area contributed by atoms with Gasteiger partial charge in [-0.05, 0) is 52.9 Å². The van der Waals surface area contributed by atoms with Crippen LogP contribution in [0.2, 0.25) is 0 Å². The van der Waals surface area contributed by atoms with Crippen LogP contribution in [0.5, 0.6) is 0 Å². The molecule has 0 unspecified atom stereocenters. The van der Waals surface area contributed by atoms with Crippen LogP contribution in [0.25, 0.3) is 0 Å². The van der Waals surface area contributed by atoms with Crippen molar-refractivity contribution in [1.29, 1.82) is 0 Å². The zero-order valence-electron chi connectivity index (χ0n) is 11.0. The van der Waals surface area contributed by atoms with Crippen molar-refractivity contribution in [2.75, 3.05) is 0 Å². The topological polar surface area (TPSA) is 18.5 Å². The minimum Gasteiger partial charge on any atom is -0.347 e. The first-order valence-corrected chi connectivity index (χ1v) is 7.78. The average Bonchev–Trinajstić information content (AvgIpc) is 2.63. The maximum atomic E-state index is 6.30. The third-order valence-electron chi connectivity index (χ3n) is 3.79. The molecule has 1 aliphatic heterocycles. The van der Waals surface area contributed by atoms with Crippen molar-refractivity contribution in [2.24, 2.45) is 5.92 Å². The van der Waals surface area contributed by atoms with Crippen molar-refractivity contribution in [1.82, 2.24) is 0 Å². The van der Waals surface area contributed by atoms with Crippen molar-refractivity contribution < 1.29 is 9.47 Å². The highest BCUT2D eigenvalue weighted by molar-refractivity contribution is 14.1. The predicted molar refractivity (Wildman–Crippen MR) is 78.2 cm³/mol. The fraction of sp³-hybridized carbons (Fsp3) is 0.857. The molecule has 0 bridgehead atoms. The van der Waals surface area contributed by atoms with Crippen molar-refractivity contribution in [3.05, 3.63) is 9.66 Å². The van der Waals surface area contributed by atoms with Gasteiger partial charge in [-0.2, -0.15) is 0 Å². The highest BCUT2D eigenvalue weighted by atomic mass is 127. The third-order valence-corrected chi connectivity index (χ3v) is 4.15. The lowest BCUT2D eigenvalue weighted by atomic mass is 9.96. The Balaban J connectivity index is 2.05. The van der Waals surface area contributed by atoms with E-state index >= 15 is 0 Å². The summed E-state index contributed by atoms with van der Waals surface area (Å²) < 4.78 is 13.7. The van der Waals surface area contributed by atoms with E-state index in [2.05, 4.69) is 49.4 Å². The Morgan fingerprint density at radius 3 is 2.59 bits per heavy atom. The highest BCUT2D eigenvalue weighted by Crippen LogP contribution is 2.42. The van der Waals surface area contributed by atoms with Gasteiger partial charge in [0.15, 0.2) is 5.79 Å². The average molecular weight is 350 g/mol. The van der Waals surface area contributed by atoms with Gasteiger partial charge in [0.1, 0.15) is 0 Å². The van der Waals surface area contributed by atoms with Crippen molar-refractivity contribution in [3.8, 4) is 0 Å². The van der Waals surface area contributed by atoms with E-state index in [0.29, 0.717) is 18.1 Å². The summed E-state index contributed by atoms with van der Waals surface area (Å²) in [5.74, 6) is 0.236. The molecule has 0 aromatic carbocycles. The highest BCUT2D eigenvalue weighted by Gasteiger charge is 2.44. The predicted octanol–water partition coefficient (Wildman–Crippen LogP) is 4.43. The minimum absolute atomic E-state index is 0.246. The lowest BCUT2D eigenvalue weighted by Crippen LogP contribution is -2.47. The molecule has 1 saturated carbocycles. The molecular formula is C14H23IO2. The summed E-state index contributed by atoms with van der Waals surface area (Å²) in [6.07, 6.45) is 8.62. The van der Waals surface area contributed by atoms with Gasteiger partial charge in [-0.25, -0.2) is 0 Å². The van der Waals surface area contributed by atoms with Gasteiger partial charge >= 0.3 is 0 Å². The first-order chi connectivity index (χ1) is 8.01. The second kappa shape index (κ2) is 5.57. The lowest BCUT2D eigenvalue weighted by Gasteiger charge is -2.43. The summed E-state index contributed by atoms with van der Waals surface area (Å²) in [6, 6.07) is 0. The third kappa shape index (κ3) is 3.44. The summed E-state index contributed by atoms with van der Waals surface area (Å²) in [4.78, 5) is 0. The van der Waals surface area contributed by atoms with Gasteiger partial charge < -0.3 is 9.47 Å². The second-order valence-electron chi connectivity index (χ2n) is 5.55. The molecule has 0 radical (unpaired) electrons. The Morgan fingerprint density at radius 1 is 1.35 bits per heavy atom. The van der Waals surface area contributed by atoms with Gasteiger partial charge in [0.2, 0.25) is 0 Å². The Labute approximate surface area is 118 Å². The van der Waals surface area contributed by atoms with E-state index in [-0.39, 0.29) is 5.79 Å². The van der Waals surface area contributed by atoms with E-state index in [9.17, 15) is 0 Å². The summed E-state index contributed by atoms with van der Waals surface area (Å²) >= 11 is 2.37. The summed E-state index contributed by atoms with van der Waals surface area (Å²) in [7, 11) is 0. The normalized spacial score (nSPS) is 35.2. The largest absolute Gasteiger partial charge is 0.347 e. The molecule has 0 N–H and O–H groups in total. The van der Waals surface area contributed by atoms with Crippen molar-refractivity contribution in [2.45, 2.75) is 70.9 Å². The van der Waals surface area contributed by atoms with Crippen LogP contribution in [-0.4, -0.2) is 18.0 Å². The SMILES string of the molecule is C/C(I)=C/[C@@H](C)[C@H]1C[C@@H](C)OC2(CCCC2)O1. The van der Waals surface area contributed by atoms with Crippen LogP contribution >= 0.6 is 22.6 Å². The standard InChI is InChI=1S/C14H23IO2/c1-10(8-11(2)15)13-9-12(3)16-14(17-13)6-4-5-7-14/h8,10,12-13H,4-7,9H2,1-3H3/b11-8-/t10-,12-,13-/m1/s1. The Hall–Kier alpha value is 0.390. The second-order valence-corrected chi connectivity index (χ2v) is 7.25. The number of ether oxygens (including phenoxy) is 2. The number of allylic oxidation sites excluding steroid dienone is 1. The molecule has 2 fully saturated rings. The fourth-order valence-corrected chi connectivity index (χ4v) is 3.60. The Bertz CT molecular complexity index is 291. The van der Waals surface area contributed by atoms with E-state index in [4.69, 9.17) is 9.47 Å².